The van der Waals surface area contributed by atoms with Crippen molar-refractivity contribution in [1.82, 2.24) is 4.57 Å². The molecule has 1 heterocycles. The van der Waals surface area contributed by atoms with Crippen LogP contribution in [0, 0.1) is 0 Å². The number of carboxylic acid groups (broad SMARTS) is 1. The van der Waals surface area contributed by atoms with Crippen LogP contribution < -0.4 is 5.11 Å². The highest BCUT2D eigenvalue weighted by Crippen LogP contribution is 2.14. The molecular formula is C12H8NO3-. The predicted octanol–water partition coefficient (Wildman–Crippen LogP) is 0.588. The second kappa shape index (κ2) is 4.02. The molecule has 2 aromatic rings. The van der Waals surface area contributed by atoms with Gasteiger partial charge in [0.05, 0.1) is 11.5 Å². The zero-order valence-electron chi connectivity index (χ0n) is 8.29. The van der Waals surface area contributed by atoms with E-state index in [0.717, 1.165) is 23.1 Å². The van der Waals surface area contributed by atoms with Gasteiger partial charge in [-0.25, -0.2) is 0 Å². The molecule has 0 aliphatic rings. The number of benzene rings is 1. The fourth-order valence-corrected chi connectivity index (χ4v) is 1.49. The standard InChI is InChI=1S/C12H9NO3/c14-11(5-6-12(15)16)13-8-7-9-3-1-2-4-10(9)13/h1-8H,(H,15,16)/p-1. The van der Waals surface area contributed by atoms with E-state index in [1.807, 2.05) is 18.2 Å². The number of allylic oxidation sites excluding steroid dienone is 1. The van der Waals surface area contributed by atoms with Crippen LogP contribution in [0.2, 0.25) is 0 Å². The van der Waals surface area contributed by atoms with Crippen molar-refractivity contribution in [1.29, 1.82) is 0 Å². The van der Waals surface area contributed by atoms with Crippen LogP contribution in [0.25, 0.3) is 10.9 Å². The lowest BCUT2D eigenvalue weighted by atomic mass is 10.2. The fourth-order valence-electron chi connectivity index (χ4n) is 1.49. The Balaban J connectivity index is 2.40. The largest absolute Gasteiger partial charge is 0.545 e. The van der Waals surface area contributed by atoms with E-state index in [-0.39, 0.29) is 0 Å². The van der Waals surface area contributed by atoms with Gasteiger partial charge in [-0.1, -0.05) is 18.2 Å². The summed E-state index contributed by atoms with van der Waals surface area (Å²) in [5.41, 5.74) is 0.746. The van der Waals surface area contributed by atoms with Crippen LogP contribution in [0.1, 0.15) is 4.79 Å². The number of carboxylic acids is 1. The summed E-state index contributed by atoms with van der Waals surface area (Å²) < 4.78 is 1.38. The number of para-hydroxylation sites is 1. The Bertz CT molecular complexity index is 581. The van der Waals surface area contributed by atoms with Gasteiger partial charge in [0.25, 0.3) is 5.91 Å². The molecule has 0 atom stereocenters. The molecule has 80 valence electrons. The molecule has 0 unspecified atom stereocenters. The first-order valence-corrected chi connectivity index (χ1v) is 4.68. The first kappa shape index (κ1) is 10.2. The summed E-state index contributed by atoms with van der Waals surface area (Å²) in [4.78, 5) is 21.8. The molecule has 4 heteroatoms. The zero-order chi connectivity index (χ0) is 11.5. The van der Waals surface area contributed by atoms with E-state index in [1.54, 1.807) is 18.3 Å². The molecule has 16 heavy (non-hydrogen) atoms. The van der Waals surface area contributed by atoms with E-state index < -0.39 is 11.9 Å². The van der Waals surface area contributed by atoms with Gasteiger partial charge < -0.3 is 9.90 Å². The topological polar surface area (TPSA) is 62.1 Å². The smallest absolute Gasteiger partial charge is 0.255 e. The Labute approximate surface area is 91.4 Å². The van der Waals surface area contributed by atoms with Crippen LogP contribution in [-0.4, -0.2) is 16.4 Å². The van der Waals surface area contributed by atoms with Crippen molar-refractivity contribution >= 4 is 22.8 Å². The van der Waals surface area contributed by atoms with E-state index in [0.29, 0.717) is 0 Å². The predicted molar refractivity (Wildman–Crippen MR) is 56.7 cm³/mol. The van der Waals surface area contributed by atoms with Gasteiger partial charge in [-0.2, -0.15) is 0 Å². The van der Waals surface area contributed by atoms with E-state index in [9.17, 15) is 14.7 Å². The Hall–Kier alpha value is -2.36. The van der Waals surface area contributed by atoms with E-state index in [1.165, 1.54) is 4.57 Å². The highest BCUT2D eigenvalue weighted by molar-refractivity contribution is 6.00. The first-order valence-electron chi connectivity index (χ1n) is 4.68. The Morgan fingerprint density at radius 1 is 1.12 bits per heavy atom. The average molecular weight is 214 g/mol. The molecule has 4 nitrogen and oxygen atoms in total. The number of hydrogen-bond acceptors (Lipinski definition) is 3. The van der Waals surface area contributed by atoms with Crippen molar-refractivity contribution in [3.05, 3.63) is 48.7 Å². The molecule has 0 amide bonds. The molecule has 0 saturated heterocycles. The third kappa shape index (κ3) is 1.86. The van der Waals surface area contributed by atoms with Crippen molar-refractivity contribution in [2.75, 3.05) is 0 Å². The van der Waals surface area contributed by atoms with Gasteiger partial charge in [0.1, 0.15) is 0 Å². The molecule has 1 aromatic carbocycles. The Kier molecular flexibility index (Phi) is 2.55. The molecule has 0 N–H and O–H groups in total. The number of nitrogens with zero attached hydrogens (tertiary/aromatic N) is 1. The summed E-state index contributed by atoms with van der Waals surface area (Å²) in [5.74, 6) is -1.80. The van der Waals surface area contributed by atoms with Crippen LogP contribution in [0.3, 0.4) is 0 Å². The second-order valence-electron chi connectivity index (χ2n) is 3.24. The molecule has 0 spiro atoms. The molecule has 1 aromatic heterocycles. The molecule has 2 rings (SSSR count). The number of fused-ring (bicyclic) bond motifs is 1. The van der Waals surface area contributed by atoms with Gasteiger partial charge >= 0.3 is 0 Å². The molecule has 0 radical (unpaired) electrons. The van der Waals surface area contributed by atoms with Gasteiger partial charge in [-0.3, -0.25) is 9.36 Å². The van der Waals surface area contributed by atoms with Gasteiger partial charge in [0, 0.05) is 17.7 Å². The van der Waals surface area contributed by atoms with E-state index in [4.69, 9.17) is 0 Å². The second-order valence-corrected chi connectivity index (χ2v) is 3.24. The summed E-state index contributed by atoms with van der Waals surface area (Å²) in [6.45, 7) is 0. The summed E-state index contributed by atoms with van der Waals surface area (Å²) in [6.07, 6.45) is 3.30. The van der Waals surface area contributed by atoms with Crippen molar-refractivity contribution < 1.29 is 14.7 Å². The lowest BCUT2D eigenvalue weighted by Gasteiger charge is -1.99. The van der Waals surface area contributed by atoms with Crippen LogP contribution in [0.4, 0.5) is 0 Å². The molecule has 0 saturated carbocycles. The number of carbonyl (C=O) groups is 2. The maximum absolute atomic E-state index is 11.6. The monoisotopic (exact) mass is 214 g/mol. The van der Waals surface area contributed by atoms with Crippen LogP contribution >= 0.6 is 0 Å². The van der Waals surface area contributed by atoms with Crippen LogP contribution in [0.15, 0.2) is 48.7 Å². The summed E-state index contributed by atoms with van der Waals surface area (Å²) >= 11 is 0. The van der Waals surface area contributed by atoms with Gasteiger partial charge in [0.15, 0.2) is 0 Å². The minimum atomic E-state index is -1.38. The molecule has 0 bridgehead atoms. The van der Waals surface area contributed by atoms with Gasteiger partial charge in [-0.05, 0) is 18.2 Å². The minimum absolute atomic E-state index is 0.412. The van der Waals surface area contributed by atoms with Crippen molar-refractivity contribution in [2.24, 2.45) is 0 Å². The van der Waals surface area contributed by atoms with Crippen LogP contribution in [0.5, 0.6) is 0 Å². The molecule has 0 aliphatic heterocycles. The minimum Gasteiger partial charge on any atom is -0.545 e. The maximum atomic E-state index is 11.6. The zero-order valence-corrected chi connectivity index (χ0v) is 8.29. The first-order chi connectivity index (χ1) is 7.68. The highest BCUT2D eigenvalue weighted by atomic mass is 16.4. The van der Waals surface area contributed by atoms with Gasteiger partial charge in [0.2, 0.25) is 0 Å². The van der Waals surface area contributed by atoms with E-state index in [2.05, 4.69) is 0 Å². The third-order valence-electron chi connectivity index (χ3n) is 2.20. The lowest BCUT2D eigenvalue weighted by Crippen LogP contribution is -2.19. The van der Waals surface area contributed by atoms with Crippen LogP contribution in [-0.2, 0) is 4.79 Å². The SMILES string of the molecule is O=C([O-])C=CC(=O)n1ccc2ccccc21. The third-order valence-corrected chi connectivity index (χ3v) is 2.20. The Morgan fingerprint density at radius 3 is 2.62 bits per heavy atom. The molecule has 0 aliphatic carbocycles. The number of hydrogen-bond donors (Lipinski definition) is 0. The highest BCUT2D eigenvalue weighted by Gasteiger charge is 2.04. The number of aliphatic carboxylic acids is 1. The normalized spacial score (nSPS) is 11.0. The van der Waals surface area contributed by atoms with Crippen molar-refractivity contribution in [3.8, 4) is 0 Å². The van der Waals surface area contributed by atoms with E-state index >= 15 is 0 Å². The maximum Gasteiger partial charge on any atom is 0.255 e. The fraction of sp³-hybridized carbons (Fsp3) is 0. The summed E-state index contributed by atoms with van der Waals surface area (Å²) in [6, 6.07) is 9.14. The average Bonchev–Trinajstić information content (AvgIpc) is 2.69. The summed E-state index contributed by atoms with van der Waals surface area (Å²) in [7, 11) is 0. The lowest BCUT2D eigenvalue weighted by molar-refractivity contribution is -0.297. The van der Waals surface area contributed by atoms with Crippen molar-refractivity contribution in [2.45, 2.75) is 0 Å². The Morgan fingerprint density at radius 2 is 1.88 bits per heavy atom. The summed E-state index contributed by atoms with van der Waals surface area (Å²) in [5, 5.41) is 11.1. The number of carbonyl (C=O) groups excluding carboxylic acids is 2. The molecule has 0 fully saturated rings. The number of rotatable bonds is 2. The van der Waals surface area contributed by atoms with Gasteiger partial charge in [-0.15, -0.1) is 0 Å². The quantitative estimate of drug-likeness (QED) is 0.687. The number of aromatic nitrogens is 1. The molecular weight excluding hydrogens is 206 g/mol. The van der Waals surface area contributed by atoms with Crippen molar-refractivity contribution in [3.63, 3.8) is 0 Å².